The molecule has 0 spiro atoms. The fourth-order valence-corrected chi connectivity index (χ4v) is 4.55. The summed E-state index contributed by atoms with van der Waals surface area (Å²) in [5.41, 5.74) is 1.91. The van der Waals surface area contributed by atoms with Crippen LogP contribution in [-0.2, 0) is 22.7 Å². The molecule has 0 saturated carbocycles. The first-order valence-electron chi connectivity index (χ1n) is 11.6. The highest BCUT2D eigenvalue weighted by Gasteiger charge is 2.31. The van der Waals surface area contributed by atoms with E-state index in [1.807, 2.05) is 65.4 Å². The molecular weight excluding hydrogens is 416 g/mol. The molecule has 3 heterocycles. The van der Waals surface area contributed by atoms with Crippen molar-refractivity contribution in [2.24, 2.45) is 11.8 Å². The summed E-state index contributed by atoms with van der Waals surface area (Å²) in [5.74, 6) is 1.30. The van der Waals surface area contributed by atoms with Crippen molar-refractivity contribution in [2.75, 3.05) is 33.3 Å². The van der Waals surface area contributed by atoms with E-state index in [-0.39, 0.29) is 23.7 Å². The van der Waals surface area contributed by atoms with Gasteiger partial charge in [-0.3, -0.25) is 19.5 Å². The molecule has 33 heavy (non-hydrogen) atoms. The normalized spacial score (nSPS) is 22.7. The number of piperidine rings is 1. The predicted octanol–water partition coefficient (Wildman–Crippen LogP) is 2.63. The van der Waals surface area contributed by atoms with Crippen molar-refractivity contribution in [2.45, 2.75) is 25.9 Å². The predicted molar refractivity (Wildman–Crippen MR) is 126 cm³/mol. The summed E-state index contributed by atoms with van der Waals surface area (Å²) in [6.45, 7) is 3.22. The van der Waals surface area contributed by atoms with Gasteiger partial charge in [-0.1, -0.05) is 36.4 Å². The average molecular weight is 449 g/mol. The summed E-state index contributed by atoms with van der Waals surface area (Å²) < 4.78 is 6.02. The fraction of sp³-hybridized carbons (Fsp3) is 0.423. The van der Waals surface area contributed by atoms with E-state index in [1.165, 1.54) is 0 Å². The van der Waals surface area contributed by atoms with Crippen LogP contribution in [0.1, 0.15) is 24.1 Å². The zero-order valence-electron chi connectivity index (χ0n) is 19.2. The third kappa shape index (κ3) is 6.42. The number of pyridine rings is 1. The van der Waals surface area contributed by atoms with Gasteiger partial charge in [0.2, 0.25) is 11.8 Å². The molecule has 0 radical (unpaired) electrons. The minimum Gasteiger partial charge on any atom is -0.489 e. The highest BCUT2D eigenvalue weighted by atomic mass is 16.5. The van der Waals surface area contributed by atoms with E-state index in [0.29, 0.717) is 45.8 Å². The fourth-order valence-electron chi connectivity index (χ4n) is 4.55. The maximum Gasteiger partial charge on any atom is 0.236 e. The second kappa shape index (κ2) is 11.1. The number of para-hydroxylation sites is 1. The van der Waals surface area contributed by atoms with E-state index in [2.05, 4.69) is 16.4 Å². The Balaban J connectivity index is 1.43. The summed E-state index contributed by atoms with van der Waals surface area (Å²) in [4.78, 5) is 33.8. The number of hydrogen-bond donors (Lipinski definition) is 1. The van der Waals surface area contributed by atoms with Crippen LogP contribution in [0.2, 0.25) is 0 Å². The summed E-state index contributed by atoms with van der Waals surface area (Å²) in [5, 5.41) is 2.99. The van der Waals surface area contributed by atoms with Gasteiger partial charge in [-0.15, -0.1) is 0 Å². The Hall–Kier alpha value is -3.19. The molecule has 4 rings (SSSR count). The molecule has 2 atom stereocenters. The van der Waals surface area contributed by atoms with Crippen LogP contribution in [0.25, 0.3) is 0 Å². The van der Waals surface area contributed by atoms with Gasteiger partial charge in [-0.05, 0) is 43.5 Å². The Bertz CT molecular complexity index is 979. The Labute approximate surface area is 195 Å². The average Bonchev–Trinajstić information content (AvgIpc) is 2.83. The van der Waals surface area contributed by atoms with E-state index in [4.69, 9.17) is 4.74 Å². The first-order chi connectivity index (χ1) is 16.1. The molecule has 2 aromatic rings. The van der Waals surface area contributed by atoms with Crippen LogP contribution in [0.4, 0.5) is 0 Å². The van der Waals surface area contributed by atoms with Crippen molar-refractivity contribution < 1.29 is 14.3 Å². The second-order valence-corrected chi connectivity index (χ2v) is 8.87. The van der Waals surface area contributed by atoms with Crippen LogP contribution < -0.4 is 10.1 Å². The summed E-state index contributed by atoms with van der Waals surface area (Å²) in [7, 11) is 1.96. The quantitative estimate of drug-likeness (QED) is 0.728. The number of fused-ring (bicyclic) bond motifs is 3. The number of hydrogen-bond acceptors (Lipinski definition) is 5. The molecule has 2 aliphatic heterocycles. The molecule has 7 heteroatoms. The lowest BCUT2D eigenvalue weighted by molar-refractivity contribution is -0.134. The van der Waals surface area contributed by atoms with Gasteiger partial charge in [0.25, 0.3) is 0 Å². The van der Waals surface area contributed by atoms with Gasteiger partial charge in [0, 0.05) is 37.8 Å². The number of carbonyl (C=O) groups excluding carboxylic acids is 2. The van der Waals surface area contributed by atoms with Gasteiger partial charge in [-0.25, -0.2) is 0 Å². The molecule has 1 fully saturated rings. The molecule has 7 nitrogen and oxygen atoms in total. The molecular formula is C26H32N4O3. The number of rotatable bonds is 4. The molecule has 0 unspecified atom stereocenters. The largest absolute Gasteiger partial charge is 0.489 e. The zero-order chi connectivity index (χ0) is 23.0. The highest BCUT2D eigenvalue weighted by molar-refractivity contribution is 5.79. The number of nitrogens with zero attached hydrogens (tertiary/aromatic N) is 3. The molecule has 2 amide bonds. The Morgan fingerprint density at radius 3 is 2.88 bits per heavy atom. The van der Waals surface area contributed by atoms with E-state index in [0.717, 1.165) is 23.4 Å². The summed E-state index contributed by atoms with van der Waals surface area (Å²) in [6.07, 6.45) is 7.12. The zero-order valence-corrected chi connectivity index (χ0v) is 19.2. The van der Waals surface area contributed by atoms with Crippen molar-refractivity contribution in [1.29, 1.82) is 0 Å². The van der Waals surface area contributed by atoms with Gasteiger partial charge in [0.1, 0.15) is 12.4 Å². The molecule has 1 N–H and O–H groups in total. The lowest BCUT2D eigenvalue weighted by Crippen LogP contribution is -2.47. The minimum absolute atomic E-state index is 0.0201. The number of carbonyl (C=O) groups is 2. The van der Waals surface area contributed by atoms with Crippen molar-refractivity contribution in [3.05, 3.63) is 72.1 Å². The Kier molecular flexibility index (Phi) is 7.73. The lowest BCUT2D eigenvalue weighted by atomic mass is 9.82. The van der Waals surface area contributed by atoms with E-state index in [9.17, 15) is 9.59 Å². The lowest BCUT2D eigenvalue weighted by Gasteiger charge is -2.37. The van der Waals surface area contributed by atoms with Crippen molar-refractivity contribution in [3.8, 4) is 5.75 Å². The third-order valence-electron chi connectivity index (χ3n) is 6.34. The van der Waals surface area contributed by atoms with Crippen LogP contribution >= 0.6 is 0 Å². The van der Waals surface area contributed by atoms with Gasteiger partial charge < -0.3 is 15.0 Å². The van der Waals surface area contributed by atoms with Gasteiger partial charge in [-0.2, -0.15) is 0 Å². The molecule has 2 bridgehead atoms. The molecule has 174 valence electrons. The maximum atomic E-state index is 13.0. The standard InChI is InChI=1S/C26H32N4O3/c1-29-17-22-7-2-3-10-24(22)33-14-6-8-21-18-30(26(32)19-29)13-11-20(21)15-25(31)28-16-23-9-4-5-12-27-23/h2-10,12,20-21H,11,13-19H2,1H3,(H,28,31)/b8-6-/t20-,21-/m0/s1. The number of amides is 2. The number of benzene rings is 1. The Morgan fingerprint density at radius 1 is 1.18 bits per heavy atom. The highest BCUT2D eigenvalue weighted by Crippen LogP contribution is 2.29. The number of aromatic nitrogens is 1. The second-order valence-electron chi connectivity index (χ2n) is 8.87. The van der Waals surface area contributed by atoms with E-state index < -0.39 is 0 Å². The molecule has 2 aliphatic rings. The van der Waals surface area contributed by atoms with Crippen molar-refractivity contribution in [1.82, 2.24) is 20.1 Å². The number of likely N-dealkylation sites (N-methyl/N-ethyl adjacent to an activating group) is 1. The van der Waals surface area contributed by atoms with Gasteiger partial charge in [0.05, 0.1) is 18.8 Å². The third-order valence-corrected chi connectivity index (χ3v) is 6.34. The molecule has 1 aromatic carbocycles. The monoisotopic (exact) mass is 448 g/mol. The molecule has 1 aromatic heterocycles. The van der Waals surface area contributed by atoms with Crippen LogP contribution in [0.15, 0.2) is 60.8 Å². The first kappa shape index (κ1) is 23.0. The van der Waals surface area contributed by atoms with Crippen molar-refractivity contribution >= 4 is 11.8 Å². The number of ether oxygens (including phenoxy) is 1. The smallest absolute Gasteiger partial charge is 0.236 e. The van der Waals surface area contributed by atoms with Crippen LogP contribution in [-0.4, -0.2) is 59.9 Å². The van der Waals surface area contributed by atoms with Crippen LogP contribution in [0.5, 0.6) is 5.75 Å². The molecule has 0 aliphatic carbocycles. The van der Waals surface area contributed by atoms with Gasteiger partial charge in [0.15, 0.2) is 0 Å². The topological polar surface area (TPSA) is 74.8 Å². The molecule has 1 saturated heterocycles. The van der Waals surface area contributed by atoms with Gasteiger partial charge >= 0.3 is 0 Å². The van der Waals surface area contributed by atoms with Crippen LogP contribution in [0, 0.1) is 11.8 Å². The first-order valence-corrected chi connectivity index (χ1v) is 11.6. The maximum absolute atomic E-state index is 13.0. The summed E-state index contributed by atoms with van der Waals surface area (Å²) in [6, 6.07) is 13.6. The SMILES string of the molecule is CN1CC(=O)N2CC[C@@H](CC(=O)NCc3ccccn3)[C@@H](/C=C\COc3ccccc3C1)C2. The number of nitrogens with one attached hydrogen (secondary N) is 1. The van der Waals surface area contributed by atoms with E-state index in [1.54, 1.807) is 6.20 Å². The minimum atomic E-state index is 0.0201. The van der Waals surface area contributed by atoms with E-state index >= 15 is 0 Å². The summed E-state index contributed by atoms with van der Waals surface area (Å²) >= 11 is 0. The van der Waals surface area contributed by atoms with Crippen LogP contribution in [0.3, 0.4) is 0 Å². The van der Waals surface area contributed by atoms with Crippen molar-refractivity contribution in [3.63, 3.8) is 0 Å². The Morgan fingerprint density at radius 2 is 2.03 bits per heavy atom.